The summed E-state index contributed by atoms with van der Waals surface area (Å²) in [4.78, 5) is 0. The first-order valence-electron chi connectivity index (χ1n) is 8.17. The summed E-state index contributed by atoms with van der Waals surface area (Å²) in [5.74, 6) is 0. The smallest absolute Gasteiger partial charge is 0.204 e. The maximum atomic E-state index is 6.62. The van der Waals surface area contributed by atoms with Crippen molar-refractivity contribution in [2.45, 2.75) is 32.2 Å². The third-order valence-corrected chi connectivity index (χ3v) is 44.1. The number of hydrogen-bond acceptors (Lipinski definition) is 1. The molecule has 3 rings (SSSR count). The molecule has 2 aromatic carbocycles. The van der Waals surface area contributed by atoms with Crippen molar-refractivity contribution in [1.82, 2.24) is 0 Å². The lowest BCUT2D eigenvalue weighted by molar-refractivity contribution is 0.341. The Morgan fingerprint density at radius 1 is 0.727 bits per heavy atom. The van der Waals surface area contributed by atoms with Crippen molar-refractivity contribution < 1.29 is 4.43 Å². The Labute approximate surface area is 137 Å². The van der Waals surface area contributed by atoms with Gasteiger partial charge in [0, 0.05) is 6.61 Å². The molecule has 0 bridgehead atoms. The summed E-state index contributed by atoms with van der Waals surface area (Å²) >= 11 is 0. The summed E-state index contributed by atoms with van der Waals surface area (Å²) in [7, 11) is -4.86. The van der Waals surface area contributed by atoms with Gasteiger partial charge in [0.25, 0.3) is 0 Å². The van der Waals surface area contributed by atoms with E-state index in [0.29, 0.717) is 0 Å². The van der Waals surface area contributed by atoms with Crippen LogP contribution in [0.5, 0.6) is 0 Å². The van der Waals surface area contributed by atoms with E-state index in [4.69, 9.17) is 4.43 Å². The summed E-state index contributed by atoms with van der Waals surface area (Å²) in [5, 5.41) is 3.14. The molecule has 0 N–H and O–H groups in total. The van der Waals surface area contributed by atoms with E-state index in [1.807, 2.05) is 0 Å². The van der Waals surface area contributed by atoms with Crippen molar-refractivity contribution in [3.8, 4) is 0 Å². The molecule has 116 valence electrons. The fourth-order valence-electron chi connectivity index (χ4n) is 3.99. The Hall–Kier alpha value is -0.949. The van der Waals surface area contributed by atoms with Gasteiger partial charge in [0.2, 0.25) is 7.83 Å². The number of rotatable bonds is 2. The van der Waals surface area contributed by atoms with Crippen LogP contribution in [0.1, 0.15) is 0 Å². The summed E-state index contributed by atoms with van der Waals surface area (Å²) in [5.41, 5.74) is 0. The van der Waals surface area contributed by atoms with Crippen molar-refractivity contribution >= 4 is 32.9 Å². The normalized spacial score (nSPS) is 30.9. The molecule has 1 nitrogen and oxygen atoms in total. The fraction of sp³-hybridized carbons (Fsp3) is 0.333. The Kier molecular flexibility index (Phi) is 4.05. The Bertz CT molecular complexity index is 588. The molecule has 1 aliphatic rings. The standard InChI is InChI=1S/C18H26OSi3/c1-20(2)21(3,17-11-7-5-8-12-17)16-15-19-22(20,4)18-13-9-6-10-14-18/h5-14H,15-16H2,1-4H3. The molecule has 2 aromatic rings. The quantitative estimate of drug-likeness (QED) is 0.761. The third-order valence-electron chi connectivity index (χ3n) is 6.30. The van der Waals surface area contributed by atoms with E-state index in [0.717, 1.165) is 6.61 Å². The van der Waals surface area contributed by atoms with E-state index in [-0.39, 0.29) is 0 Å². The first kappa shape index (κ1) is 15.9. The van der Waals surface area contributed by atoms with Gasteiger partial charge in [-0.25, -0.2) is 0 Å². The molecule has 1 saturated heterocycles. The van der Waals surface area contributed by atoms with Gasteiger partial charge in [-0.3, -0.25) is 0 Å². The minimum absolute atomic E-state index is 0.950. The molecule has 1 aliphatic heterocycles. The van der Waals surface area contributed by atoms with E-state index in [1.165, 1.54) is 11.2 Å². The van der Waals surface area contributed by atoms with Gasteiger partial charge in [-0.1, -0.05) is 85.5 Å². The van der Waals surface area contributed by atoms with Crippen LogP contribution < -0.4 is 10.4 Å². The first-order chi connectivity index (χ1) is 10.4. The minimum atomic E-state index is -1.86. The average Bonchev–Trinajstić information content (AvgIpc) is 2.54. The zero-order valence-corrected chi connectivity index (χ0v) is 17.1. The molecular weight excluding hydrogens is 316 g/mol. The van der Waals surface area contributed by atoms with Gasteiger partial charge in [-0.2, -0.15) is 0 Å². The first-order valence-corrected chi connectivity index (χ1v) is 18.3. The highest BCUT2D eigenvalue weighted by atomic mass is 29.6. The predicted octanol–water partition coefficient (Wildman–Crippen LogP) is 3.35. The van der Waals surface area contributed by atoms with E-state index < -0.39 is 22.5 Å². The fourth-order valence-corrected chi connectivity index (χ4v) is 36.8. The van der Waals surface area contributed by atoms with Gasteiger partial charge in [-0.05, 0) is 17.8 Å². The summed E-state index contributed by atoms with van der Waals surface area (Å²) in [6.07, 6.45) is 0. The van der Waals surface area contributed by atoms with Crippen molar-refractivity contribution in [3.05, 3.63) is 60.7 Å². The van der Waals surface area contributed by atoms with E-state index in [2.05, 4.69) is 86.9 Å². The molecule has 0 amide bonds. The highest BCUT2D eigenvalue weighted by molar-refractivity contribution is 7.72. The highest BCUT2D eigenvalue weighted by Crippen LogP contribution is 2.36. The van der Waals surface area contributed by atoms with Crippen molar-refractivity contribution in [2.24, 2.45) is 0 Å². The predicted molar refractivity (Wildman–Crippen MR) is 104 cm³/mol. The van der Waals surface area contributed by atoms with Crippen LogP contribution in [-0.4, -0.2) is 29.1 Å². The second-order valence-corrected chi connectivity index (χ2v) is 32.4. The molecule has 2 unspecified atom stereocenters. The molecule has 0 aliphatic carbocycles. The van der Waals surface area contributed by atoms with Gasteiger partial charge >= 0.3 is 0 Å². The lowest BCUT2D eigenvalue weighted by Gasteiger charge is -2.55. The maximum Gasteiger partial charge on any atom is 0.204 e. The lowest BCUT2D eigenvalue weighted by atomic mass is 10.4. The molecule has 1 heterocycles. The van der Waals surface area contributed by atoms with Crippen LogP contribution in [0.2, 0.25) is 32.2 Å². The molecule has 0 spiro atoms. The Balaban J connectivity index is 2.13. The lowest BCUT2D eigenvalue weighted by Crippen LogP contribution is -2.84. The van der Waals surface area contributed by atoms with Crippen molar-refractivity contribution in [2.75, 3.05) is 6.61 Å². The summed E-state index contributed by atoms with van der Waals surface area (Å²) < 4.78 is 6.62. The highest BCUT2D eigenvalue weighted by Gasteiger charge is 2.62. The van der Waals surface area contributed by atoms with Gasteiger partial charge in [-0.15, -0.1) is 0 Å². The van der Waals surface area contributed by atoms with Gasteiger partial charge in [0.15, 0.2) is 0 Å². The Morgan fingerprint density at radius 3 is 1.77 bits per heavy atom. The van der Waals surface area contributed by atoms with Crippen LogP contribution in [0.15, 0.2) is 60.7 Å². The van der Waals surface area contributed by atoms with Crippen LogP contribution in [0.25, 0.3) is 0 Å². The third kappa shape index (κ3) is 2.21. The Morgan fingerprint density at radius 2 is 1.23 bits per heavy atom. The van der Waals surface area contributed by atoms with Crippen LogP contribution in [0, 0.1) is 0 Å². The molecule has 2 atom stereocenters. The minimum Gasteiger partial charge on any atom is -0.416 e. The van der Waals surface area contributed by atoms with E-state index in [9.17, 15) is 0 Å². The second-order valence-electron chi connectivity index (χ2n) is 7.32. The van der Waals surface area contributed by atoms with Gasteiger partial charge in [0.1, 0.15) is 0 Å². The molecule has 0 saturated carbocycles. The van der Waals surface area contributed by atoms with Gasteiger partial charge < -0.3 is 4.43 Å². The van der Waals surface area contributed by atoms with Crippen LogP contribution >= 0.6 is 0 Å². The van der Waals surface area contributed by atoms with E-state index >= 15 is 0 Å². The molecule has 4 heteroatoms. The number of benzene rings is 2. The largest absolute Gasteiger partial charge is 0.416 e. The molecule has 0 radical (unpaired) electrons. The topological polar surface area (TPSA) is 9.23 Å². The number of hydrogen-bond donors (Lipinski definition) is 0. The summed E-state index contributed by atoms with van der Waals surface area (Å²) in [6.45, 7) is 11.3. The molecule has 1 fully saturated rings. The summed E-state index contributed by atoms with van der Waals surface area (Å²) in [6, 6.07) is 23.7. The van der Waals surface area contributed by atoms with Crippen LogP contribution in [-0.2, 0) is 4.43 Å². The van der Waals surface area contributed by atoms with E-state index in [1.54, 1.807) is 5.19 Å². The SMILES string of the molecule is C[Si]1(c2ccccc2)CCO[Si](C)(c2ccccc2)[Si]1(C)C. The average molecular weight is 343 g/mol. The molecule has 22 heavy (non-hydrogen) atoms. The maximum absolute atomic E-state index is 6.62. The second kappa shape index (κ2) is 5.60. The van der Waals surface area contributed by atoms with Crippen molar-refractivity contribution in [1.29, 1.82) is 0 Å². The van der Waals surface area contributed by atoms with Crippen LogP contribution in [0.3, 0.4) is 0 Å². The zero-order chi connectivity index (χ0) is 15.8. The monoisotopic (exact) mass is 342 g/mol. The van der Waals surface area contributed by atoms with Crippen molar-refractivity contribution in [3.63, 3.8) is 0 Å². The molecular formula is C18H26OSi3. The zero-order valence-electron chi connectivity index (χ0n) is 14.1. The molecule has 0 aromatic heterocycles. The van der Waals surface area contributed by atoms with Gasteiger partial charge in [0.05, 0.1) is 14.7 Å². The van der Waals surface area contributed by atoms with Crippen LogP contribution in [0.4, 0.5) is 0 Å².